The second-order valence-electron chi connectivity index (χ2n) is 4.91. The van der Waals surface area contributed by atoms with Crippen molar-refractivity contribution in [3.8, 4) is 0 Å². The number of carbonyl (C=O) groups is 1. The number of carbonyl (C=O) groups excluding carboxylic acids is 1. The van der Waals surface area contributed by atoms with Crippen LogP contribution in [0.25, 0.3) is 0 Å². The molecule has 0 saturated carbocycles. The Morgan fingerprint density at radius 3 is 2.62 bits per heavy atom. The van der Waals surface area contributed by atoms with Gasteiger partial charge < -0.3 is 20.5 Å². The van der Waals surface area contributed by atoms with E-state index in [1.807, 2.05) is 19.1 Å². The summed E-state index contributed by atoms with van der Waals surface area (Å²) in [5, 5.41) is 16.1. The van der Waals surface area contributed by atoms with Crippen molar-refractivity contribution in [1.29, 1.82) is 0 Å². The van der Waals surface area contributed by atoms with Crippen LogP contribution < -0.4 is 10.6 Å². The van der Waals surface area contributed by atoms with Gasteiger partial charge in [0.1, 0.15) is 0 Å². The Labute approximate surface area is 126 Å². The molecule has 1 unspecified atom stereocenters. The number of ether oxygens (including phenoxy) is 1. The lowest BCUT2D eigenvalue weighted by Crippen LogP contribution is -2.20. The van der Waals surface area contributed by atoms with E-state index in [9.17, 15) is 9.90 Å². The number of anilines is 1. The molecule has 0 radical (unpaired) electrons. The van der Waals surface area contributed by atoms with Crippen LogP contribution in [0.3, 0.4) is 0 Å². The van der Waals surface area contributed by atoms with Gasteiger partial charge in [0.15, 0.2) is 0 Å². The van der Waals surface area contributed by atoms with Crippen LogP contribution in [-0.2, 0) is 9.53 Å². The van der Waals surface area contributed by atoms with Crippen molar-refractivity contribution in [1.82, 2.24) is 5.32 Å². The zero-order chi connectivity index (χ0) is 15.5. The van der Waals surface area contributed by atoms with E-state index in [1.54, 1.807) is 12.1 Å². The molecule has 0 aromatic heterocycles. The SMILES string of the molecule is CCOCCCNCCC(O)c1ccc(NC(C)=O)cc1. The molecule has 5 heteroatoms. The number of hydrogen-bond donors (Lipinski definition) is 3. The van der Waals surface area contributed by atoms with E-state index >= 15 is 0 Å². The molecule has 0 bridgehead atoms. The molecule has 0 aliphatic heterocycles. The molecule has 0 fully saturated rings. The van der Waals surface area contributed by atoms with E-state index < -0.39 is 6.10 Å². The van der Waals surface area contributed by atoms with Crippen LogP contribution in [0, 0.1) is 0 Å². The predicted octanol–water partition coefficient (Wildman–Crippen LogP) is 2.08. The zero-order valence-corrected chi connectivity index (χ0v) is 12.9. The third kappa shape index (κ3) is 7.80. The summed E-state index contributed by atoms with van der Waals surface area (Å²) in [5.41, 5.74) is 1.60. The number of nitrogens with one attached hydrogen (secondary N) is 2. The van der Waals surface area contributed by atoms with Gasteiger partial charge in [0.25, 0.3) is 0 Å². The van der Waals surface area contributed by atoms with Crippen molar-refractivity contribution in [2.75, 3.05) is 31.6 Å². The van der Waals surface area contributed by atoms with Crippen molar-refractivity contribution >= 4 is 11.6 Å². The Bertz CT molecular complexity index is 406. The minimum Gasteiger partial charge on any atom is -0.388 e. The largest absolute Gasteiger partial charge is 0.388 e. The number of aliphatic hydroxyl groups excluding tert-OH is 1. The van der Waals surface area contributed by atoms with Crippen LogP contribution >= 0.6 is 0 Å². The van der Waals surface area contributed by atoms with Gasteiger partial charge in [-0.2, -0.15) is 0 Å². The van der Waals surface area contributed by atoms with Gasteiger partial charge in [-0.15, -0.1) is 0 Å². The van der Waals surface area contributed by atoms with Gasteiger partial charge in [-0.1, -0.05) is 12.1 Å². The highest BCUT2D eigenvalue weighted by molar-refractivity contribution is 5.88. The van der Waals surface area contributed by atoms with Crippen molar-refractivity contribution < 1.29 is 14.6 Å². The highest BCUT2D eigenvalue weighted by Crippen LogP contribution is 2.18. The minimum atomic E-state index is -0.490. The number of rotatable bonds is 10. The Morgan fingerprint density at radius 1 is 1.29 bits per heavy atom. The molecule has 0 aliphatic rings. The molecule has 0 heterocycles. The molecule has 5 nitrogen and oxygen atoms in total. The molecule has 0 spiro atoms. The second-order valence-corrected chi connectivity index (χ2v) is 4.91. The van der Waals surface area contributed by atoms with E-state index in [0.29, 0.717) is 6.42 Å². The lowest BCUT2D eigenvalue weighted by Gasteiger charge is -2.12. The molecule has 3 N–H and O–H groups in total. The van der Waals surface area contributed by atoms with Crippen LogP contribution in [0.1, 0.15) is 38.4 Å². The van der Waals surface area contributed by atoms with Gasteiger partial charge in [0, 0.05) is 25.8 Å². The Kier molecular flexibility index (Phi) is 8.66. The summed E-state index contributed by atoms with van der Waals surface area (Å²) < 4.78 is 5.25. The summed E-state index contributed by atoms with van der Waals surface area (Å²) in [5.74, 6) is -0.0976. The molecule has 1 amide bonds. The fourth-order valence-electron chi connectivity index (χ4n) is 1.97. The molecular weight excluding hydrogens is 268 g/mol. The fourth-order valence-corrected chi connectivity index (χ4v) is 1.97. The number of amides is 1. The van der Waals surface area contributed by atoms with E-state index in [4.69, 9.17) is 4.74 Å². The molecule has 21 heavy (non-hydrogen) atoms. The molecule has 0 saturated heterocycles. The summed E-state index contributed by atoms with van der Waals surface area (Å²) >= 11 is 0. The maximum atomic E-state index is 10.9. The van der Waals surface area contributed by atoms with E-state index in [0.717, 1.165) is 44.0 Å². The molecular formula is C16H26N2O3. The van der Waals surface area contributed by atoms with E-state index in [1.165, 1.54) is 6.92 Å². The molecule has 118 valence electrons. The quantitative estimate of drug-likeness (QED) is 0.578. The maximum absolute atomic E-state index is 10.9. The summed E-state index contributed by atoms with van der Waals surface area (Å²) in [7, 11) is 0. The van der Waals surface area contributed by atoms with Crippen molar-refractivity contribution in [3.63, 3.8) is 0 Å². The average molecular weight is 294 g/mol. The van der Waals surface area contributed by atoms with E-state index in [-0.39, 0.29) is 5.91 Å². The second kappa shape index (κ2) is 10.3. The highest BCUT2D eigenvalue weighted by Gasteiger charge is 2.07. The van der Waals surface area contributed by atoms with Gasteiger partial charge >= 0.3 is 0 Å². The average Bonchev–Trinajstić information content (AvgIpc) is 2.46. The van der Waals surface area contributed by atoms with Gasteiger partial charge in [-0.25, -0.2) is 0 Å². The van der Waals surface area contributed by atoms with Crippen LogP contribution in [0.15, 0.2) is 24.3 Å². The Hall–Kier alpha value is -1.43. The summed E-state index contributed by atoms with van der Waals surface area (Å²) in [6.45, 7) is 6.65. The van der Waals surface area contributed by atoms with Crippen LogP contribution in [-0.4, -0.2) is 37.3 Å². The topological polar surface area (TPSA) is 70.6 Å². The van der Waals surface area contributed by atoms with Crippen LogP contribution in [0.5, 0.6) is 0 Å². The third-order valence-electron chi connectivity index (χ3n) is 3.06. The minimum absolute atomic E-state index is 0.0976. The molecule has 1 atom stereocenters. The van der Waals surface area contributed by atoms with Crippen molar-refractivity contribution in [2.24, 2.45) is 0 Å². The Morgan fingerprint density at radius 2 is 2.00 bits per heavy atom. The summed E-state index contributed by atoms with van der Waals surface area (Å²) in [4.78, 5) is 10.9. The van der Waals surface area contributed by atoms with E-state index in [2.05, 4.69) is 10.6 Å². The predicted molar refractivity (Wildman–Crippen MR) is 84.3 cm³/mol. The molecule has 1 aromatic rings. The van der Waals surface area contributed by atoms with Crippen molar-refractivity contribution in [3.05, 3.63) is 29.8 Å². The molecule has 0 aliphatic carbocycles. The van der Waals surface area contributed by atoms with Crippen molar-refractivity contribution in [2.45, 2.75) is 32.8 Å². The Balaban J connectivity index is 2.22. The van der Waals surface area contributed by atoms with Gasteiger partial charge in [-0.05, 0) is 50.6 Å². The van der Waals surface area contributed by atoms with Crippen LogP contribution in [0.2, 0.25) is 0 Å². The number of aliphatic hydroxyl groups is 1. The number of hydrogen-bond acceptors (Lipinski definition) is 4. The molecule has 1 rings (SSSR count). The fraction of sp³-hybridized carbons (Fsp3) is 0.562. The van der Waals surface area contributed by atoms with Gasteiger partial charge in [-0.3, -0.25) is 4.79 Å². The number of benzene rings is 1. The normalized spacial score (nSPS) is 12.1. The summed E-state index contributed by atoms with van der Waals surface area (Å²) in [6.07, 6.45) is 1.15. The highest BCUT2D eigenvalue weighted by atomic mass is 16.5. The lowest BCUT2D eigenvalue weighted by molar-refractivity contribution is -0.114. The van der Waals surface area contributed by atoms with Gasteiger partial charge in [0.2, 0.25) is 5.91 Å². The lowest BCUT2D eigenvalue weighted by atomic mass is 10.1. The van der Waals surface area contributed by atoms with Crippen LogP contribution in [0.4, 0.5) is 5.69 Å². The first kappa shape index (κ1) is 17.6. The third-order valence-corrected chi connectivity index (χ3v) is 3.06. The van der Waals surface area contributed by atoms with Gasteiger partial charge in [0.05, 0.1) is 6.10 Å². The maximum Gasteiger partial charge on any atom is 0.221 e. The first-order valence-corrected chi connectivity index (χ1v) is 7.47. The first-order chi connectivity index (χ1) is 10.1. The smallest absolute Gasteiger partial charge is 0.221 e. The zero-order valence-electron chi connectivity index (χ0n) is 12.9. The first-order valence-electron chi connectivity index (χ1n) is 7.47. The molecule has 1 aromatic carbocycles. The standard InChI is InChI=1S/C16H26N2O3/c1-3-21-12-4-10-17-11-9-16(20)14-5-7-15(8-6-14)18-13(2)19/h5-8,16-17,20H,3-4,9-12H2,1-2H3,(H,18,19). The summed E-state index contributed by atoms with van der Waals surface area (Å²) in [6, 6.07) is 7.28. The monoisotopic (exact) mass is 294 g/mol.